The minimum absolute atomic E-state index is 0.0225. The SMILES string of the molecule is CN(C)C(=O)CNC(=O)C1(C)CC1(Cl)Cl. The Hall–Kier alpha value is -0.480. The summed E-state index contributed by atoms with van der Waals surface area (Å²) in [6.07, 6.45) is 0.422. The van der Waals surface area contributed by atoms with Crippen molar-refractivity contribution in [3.05, 3.63) is 0 Å². The number of halogens is 2. The van der Waals surface area contributed by atoms with E-state index in [0.29, 0.717) is 6.42 Å². The van der Waals surface area contributed by atoms with E-state index in [0.717, 1.165) is 0 Å². The molecule has 1 atom stereocenters. The monoisotopic (exact) mass is 252 g/mol. The zero-order chi connectivity index (χ0) is 11.9. The average molecular weight is 253 g/mol. The normalized spacial score (nSPS) is 27.0. The lowest BCUT2D eigenvalue weighted by Gasteiger charge is -2.14. The molecule has 0 saturated heterocycles. The molecule has 1 saturated carbocycles. The van der Waals surface area contributed by atoms with E-state index >= 15 is 0 Å². The van der Waals surface area contributed by atoms with Crippen molar-refractivity contribution in [1.29, 1.82) is 0 Å². The molecule has 86 valence electrons. The Morgan fingerprint density at radius 3 is 2.20 bits per heavy atom. The Labute approximate surface area is 98.9 Å². The van der Waals surface area contributed by atoms with Crippen LogP contribution in [0.4, 0.5) is 0 Å². The predicted molar refractivity (Wildman–Crippen MR) is 58.9 cm³/mol. The standard InChI is InChI=1S/C9H14Cl2N2O2/c1-8(5-9(8,10)11)7(15)12-4-6(14)13(2)3/h4-5H2,1-3H3,(H,12,15). The summed E-state index contributed by atoms with van der Waals surface area (Å²) >= 11 is 11.7. The summed E-state index contributed by atoms with van der Waals surface area (Å²) in [6, 6.07) is 0. The highest BCUT2D eigenvalue weighted by Gasteiger charge is 2.67. The van der Waals surface area contributed by atoms with Crippen molar-refractivity contribution in [2.24, 2.45) is 5.41 Å². The summed E-state index contributed by atoms with van der Waals surface area (Å²) in [5, 5.41) is 2.52. The molecule has 0 heterocycles. The minimum Gasteiger partial charge on any atom is -0.347 e. The van der Waals surface area contributed by atoms with Crippen molar-refractivity contribution in [1.82, 2.24) is 10.2 Å². The largest absolute Gasteiger partial charge is 0.347 e. The van der Waals surface area contributed by atoms with E-state index in [1.54, 1.807) is 21.0 Å². The smallest absolute Gasteiger partial charge is 0.241 e. The third-order valence-corrected chi connectivity index (χ3v) is 3.76. The lowest BCUT2D eigenvalue weighted by atomic mass is 10.1. The first-order valence-electron chi connectivity index (χ1n) is 4.57. The molecular formula is C9H14Cl2N2O2. The molecule has 0 spiro atoms. The van der Waals surface area contributed by atoms with E-state index in [9.17, 15) is 9.59 Å². The maximum Gasteiger partial charge on any atom is 0.241 e. The van der Waals surface area contributed by atoms with Gasteiger partial charge in [-0.05, 0) is 13.3 Å². The first-order chi connectivity index (χ1) is 6.71. The molecule has 0 aromatic rings. The average Bonchev–Trinajstić information content (AvgIpc) is 2.62. The number of likely N-dealkylation sites (N-methyl/N-ethyl adjacent to an activating group) is 1. The molecule has 1 rings (SSSR count). The quantitative estimate of drug-likeness (QED) is 0.755. The number of amides is 2. The maximum atomic E-state index is 11.6. The second-order valence-electron chi connectivity index (χ2n) is 4.18. The summed E-state index contributed by atoms with van der Waals surface area (Å²) in [7, 11) is 3.25. The van der Waals surface area contributed by atoms with Crippen LogP contribution in [0.1, 0.15) is 13.3 Å². The summed E-state index contributed by atoms with van der Waals surface area (Å²) in [5.41, 5.74) is -0.761. The van der Waals surface area contributed by atoms with Gasteiger partial charge in [0.25, 0.3) is 0 Å². The number of hydrogen-bond acceptors (Lipinski definition) is 2. The van der Waals surface area contributed by atoms with Crippen molar-refractivity contribution in [2.45, 2.75) is 17.7 Å². The van der Waals surface area contributed by atoms with Crippen LogP contribution in [0.15, 0.2) is 0 Å². The fourth-order valence-corrected chi connectivity index (χ4v) is 1.86. The number of carbonyl (C=O) groups excluding carboxylic acids is 2. The summed E-state index contributed by atoms with van der Waals surface area (Å²) in [4.78, 5) is 24.2. The molecule has 1 aliphatic rings. The van der Waals surface area contributed by atoms with Crippen LogP contribution in [-0.2, 0) is 9.59 Å². The van der Waals surface area contributed by atoms with Crippen LogP contribution in [0.2, 0.25) is 0 Å². The van der Waals surface area contributed by atoms with Crippen LogP contribution in [0.3, 0.4) is 0 Å². The molecule has 2 amide bonds. The molecule has 0 aromatic carbocycles. The first kappa shape index (κ1) is 12.6. The van der Waals surface area contributed by atoms with Crippen LogP contribution in [0.25, 0.3) is 0 Å². The second kappa shape index (κ2) is 3.83. The number of nitrogens with one attached hydrogen (secondary N) is 1. The number of carbonyl (C=O) groups is 2. The Kier molecular flexibility index (Phi) is 3.22. The molecule has 1 aliphatic carbocycles. The topological polar surface area (TPSA) is 49.4 Å². The van der Waals surface area contributed by atoms with Crippen molar-refractivity contribution in [2.75, 3.05) is 20.6 Å². The first-order valence-corrected chi connectivity index (χ1v) is 5.32. The molecule has 1 N–H and O–H groups in total. The minimum atomic E-state index is -0.988. The lowest BCUT2D eigenvalue weighted by Crippen LogP contribution is -2.40. The summed E-state index contributed by atoms with van der Waals surface area (Å²) in [5.74, 6) is -0.440. The zero-order valence-electron chi connectivity index (χ0n) is 8.93. The molecule has 0 radical (unpaired) electrons. The van der Waals surface area contributed by atoms with Crippen molar-refractivity contribution in [3.8, 4) is 0 Å². The van der Waals surface area contributed by atoms with Gasteiger partial charge >= 0.3 is 0 Å². The molecule has 15 heavy (non-hydrogen) atoms. The Balaban J connectivity index is 2.42. The third kappa shape index (κ3) is 2.37. The van der Waals surface area contributed by atoms with Gasteiger partial charge in [0.15, 0.2) is 0 Å². The highest BCUT2D eigenvalue weighted by molar-refractivity contribution is 6.53. The van der Waals surface area contributed by atoms with Crippen molar-refractivity contribution < 1.29 is 9.59 Å². The molecular weight excluding hydrogens is 239 g/mol. The van der Waals surface area contributed by atoms with Gasteiger partial charge in [-0.1, -0.05) is 0 Å². The van der Waals surface area contributed by atoms with Crippen LogP contribution >= 0.6 is 23.2 Å². The fourth-order valence-electron chi connectivity index (χ4n) is 1.16. The van der Waals surface area contributed by atoms with Gasteiger partial charge in [-0.3, -0.25) is 9.59 Å². The van der Waals surface area contributed by atoms with E-state index in [1.165, 1.54) is 4.90 Å². The molecule has 1 unspecified atom stereocenters. The Morgan fingerprint density at radius 2 is 1.87 bits per heavy atom. The van der Waals surface area contributed by atoms with E-state index in [2.05, 4.69) is 5.32 Å². The van der Waals surface area contributed by atoms with E-state index in [4.69, 9.17) is 23.2 Å². The Morgan fingerprint density at radius 1 is 1.40 bits per heavy atom. The molecule has 0 aliphatic heterocycles. The van der Waals surface area contributed by atoms with Crippen LogP contribution in [-0.4, -0.2) is 41.7 Å². The number of hydrogen-bond donors (Lipinski definition) is 1. The van der Waals surface area contributed by atoms with Gasteiger partial charge in [-0.2, -0.15) is 0 Å². The summed E-state index contributed by atoms with van der Waals surface area (Å²) < 4.78 is -0.988. The van der Waals surface area contributed by atoms with Crippen LogP contribution < -0.4 is 5.32 Å². The van der Waals surface area contributed by atoms with Crippen LogP contribution in [0.5, 0.6) is 0 Å². The second-order valence-corrected chi connectivity index (χ2v) is 5.67. The number of alkyl halides is 2. The highest BCUT2D eigenvalue weighted by Crippen LogP contribution is 2.63. The molecule has 0 aromatic heterocycles. The zero-order valence-corrected chi connectivity index (χ0v) is 10.4. The van der Waals surface area contributed by atoms with E-state index in [1.807, 2.05) is 0 Å². The number of nitrogens with zero attached hydrogens (tertiary/aromatic N) is 1. The summed E-state index contributed by atoms with van der Waals surface area (Å²) in [6.45, 7) is 1.66. The van der Waals surface area contributed by atoms with Gasteiger partial charge in [0, 0.05) is 14.1 Å². The molecule has 6 heteroatoms. The predicted octanol–water partition coefficient (Wildman–Crippen LogP) is 0.775. The number of rotatable bonds is 3. The molecule has 4 nitrogen and oxygen atoms in total. The van der Waals surface area contributed by atoms with Gasteiger partial charge < -0.3 is 10.2 Å². The van der Waals surface area contributed by atoms with Gasteiger partial charge in [0.2, 0.25) is 11.8 Å². The maximum absolute atomic E-state index is 11.6. The van der Waals surface area contributed by atoms with Gasteiger partial charge in [-0.15, -0.1) is 23.2 Å². The van der Waals surface area contributed by atoms with Crippen molar-refractivity contribution >= 4 is 35.0 Å². The van der Waals surface area contributed by atoms with Crippen LogP contribution in [0, 0.1) is 5.41 Å². The lowest BCUT2D eigenvalue weighted by molar-refractivity contribution is -0.132. The van der Waals surface area contributed by atoms with Gasteiger partial charge in [-0.25, -0.2) is 0 Å². The highest BCUT2D eigenvalue weighted by atomic mass is 35.5. The van der Waals surface area contributed by atoms with Gasteiger partial charge in [0.1, 0.15) is 4.33 Å². The third-order valence-electron chi connectivity index (χ3n) is 2.66. The van der Waals surface area contributed by atoms with Gasteiger partial charge in [0.05, 0.1) is 12.0 Å². The van der Waals surface area contributed by atoms with E-state index < -0.39 is 9.75 Å². The molecule has 1 fully saturated rings. The van der Waals surface area contributed by atoms with Crippen molar-refractivity contribution in [3.63, 3.8) is 0 Å². The fraction of sp³-hybridized carbons (Fsp3) is 0.778. The molecule has 0 bridgehead atoms. The Bertz CT molecular complexity index is 304. The van der Waals surface area contributed by atoms with E-state index in [-0.39, 0.29) is 18.4 Å².